The van der Waals surface area contributed by atoms with E-state index in [4.69, 9.17) is 5.26 Å². The van der Waals surface area contributed by atoms with Crippen molar-refractivity contribution in [3.05, 3.63) is 58.8 Å². The largest absolute Gasteiger partial charge is 0.543 e. The lowest BCUT2D eigenvalue weighted by Gasteiger charge is -2.07. The second kappa shape index (κ2) is 6.22. The average Bonchev–Trinajstić information content (AvgIpc) is 2.46. The number of nitrogens with zero attached hydrogens (tertiary/aromatic N) is 2. The molecule has 0 N–H and O–H groups in total. The molecular weight excluding hydrogens is 272 g/mol. The minimum atomic E-state index is -1.34. The van der Waals surface area contributed by atoms with Crippen LogP contribution in [0.3, 0.4) is 0 Å². The van der Waals surface area contributed by atoms with Gasteiger partial charge in [0, 0.05) is 5.75 Å². The van der Waals surface area contributed by atoms with Crippen molar-refractivity contribution in [2.24, 2.45) is 0 Å². The van der Waals surface area contributed by atoms with Gasteiger partial charge < -0.3 is 9.90 Å². The number of carboxylic acids is 1. The summed E-state index contributed by atoms with van der Waals surface area (Å²) in [6.45, 7) is 2.01. The van der Waals surface area contributed by atoms with Crippen LogP contribution in [0.1, 0.15) is 27.2 Å². The Labute approximate surface area is 121 Å². The number of rotatable bonds is 4. The molecule has 20 heavy (non-hydrogen) atoms. The summed E-state index contributed by atoms with van der Waals surface area (Å²) in [5, 5.41) is 20.2. The second-order valence-corrected chi connectivity index (χ2v) is 5.19. The van der Waals surface area contributed by atoms with Crippen molar-refractivity contribution in [2.75, 3.05) is 0 Å². The van der Waals surface area contributed by atoms with Crippen LogP contribution in [0.25, 0.3) is 0 Å². The van der Waals surface area contributed by atoms with Gasteiger partial charge in [0.1, 0.15) is 11.1 Å². The molecule has 0 saturated heterocycles. The van der Waals surface area contributed by atoms with Crippen LogP contribution in [0, 0.1) is 18.3 Å². The summed E-state index contributed by atoms with van der Waals surface area (Å²) in [6.07, 6.45) is 0. The molecule has 5 heteroatoms. The zero-order valence-electron chi connectivity index (χ0n) is 10.8. The third-order valence-electron chi connectivity index (χ3n) is 2.69. The maximum absolute atomic E-state index is 10.8. The number of nitriles is 1. The summed E-state index contributed by atoms with van der Waals surface area (Å²) >= 11 is 1.34. The third kappa shape index (κ3) is 3.37. The Kier molecular flexibility index (Phi) is 4.38. The average molecular weight is 283 g/mol. The molecule has 0 fully saturated rings. The Morgan fingerprint density at radius 3 is 2.60 bits per heavy atom. The molecule has 0 bridgehead atoms. The number of benzene rings is 1. The highest BCUT2D eigenvalue weighted by atomic mass is 32.2. The van der Waals surface area contributed by atoms with Crippen LogP contribution in [0.15, 0.2) is 41.4 Å². The van der Waals surface area contributed by atoms with E-state index >= 15 is 0 Å². The molecule has 0 aliphatic heterocycles. The van der Waals surface area contributed by atoms with E-state index in [9.17, 15) is 9.90 Å². The highest BCUT2D eigenvalue weighted by Crippen LogP contribution is 2.24. The Balaban J connectivity index is 2.19. The van der Waals surface area contributed by atoms with Crippen molar-refractivity contribution >= 4 is 17.7 Å². The lowest BCUT2D eigenvalue weighted by molar-refractivity contribution is -0.255. The van der Waals surface area contributed by atoms with Gasteiger partial charge >= 0.3 is 0 Å². The molecule has 2 rings (SSSR count). The molecular formula is C15H11N2O2S-. The zero-order valence-corrected chi connectivity index (χ0v) is 11.6. The highest BCUT2D eigenvalue weighted by Gasteiger charge is 2.07. The van der Waals surface area contributed by atoms with Gasteiger partial charge in [-0.3, -0.25) is 0 Å². The molecule has 100 valence electrons. The summed E-state index contributed by atoms with van der Waals surface area (Å²) in [5.41, 5.74) is 2.47. The van der Waals surface area contributed by atoms with Gasteiger partial charge in [0.15, 0.2) is 0 Å². The van der Waals surface area contributed by atoms with Crippen LogP contribution >= 0.6 is 11.8 Å². The first kappa shape index (κ1) is 14.1. The van der Waals surface area contributed by atoms with Gasteiger partial charge in [0.25, 0.3) is 0 Å². The SMILES string of the molecule is Cc1ccc(CSc2nc(C(=O)[O-])ccc2C#N)cc1. The molecule has 0 aliphatic carbocycles. The lowest BCUT2D eigenvalue weighted by Crippen LogP contribution is -2.23. The van der Waals surface area contributed by atoms with E-state index in [2.05, 4.69) is 4.98 Å². The number of aryl methyl sites for hydroxylation is 1. The quantitative estimate of drug-likeness (QED) is 0.801. The zero-order chi connectivity index (χ0) is 14.5. The maximum Gasteiger partial charge on any atom is 0.115 e. The van der Waals surface area contributed by atoms with Crippen molar-refractivity contribution in [2.45, 2.75) is 17.7 Å². The maximum atomic E-state index is 10.8. The van der Waals surface area contributed by atoms with Crippen molar-refractivity contribution in [1.82, 2.24) is 4.98 Å². The third-order valence-corrected chi connectivity index (χ3v) is 3.75. The van der Waals surface area contributed by atoms with E-state index in [0.29, 0.717) is 16.3 Å². The summed E-state index contributed by atoms with van der Waals surface area (Å²) in [6, 6.07) is 12.8. The normalized spacial score (nSPS) is 10.0. The number of carbonyl (C=O) groups is 1. The molecule has 0 amide bonds. The fraction of sp³-hybridized carbons (Fsp3) is 0.133. The second-order valence-electron chi connectivity index (χ2n) is 4.22. The number of carbonyl (C=O) groups excluding carboxylic acids is 1. The van der Waals surface area contributed by atoms with E-state index < -0.39 is 5.97 Å². The van der Waals surface area contributed by atoms with Gasteiger partial charge in [-0.15, -0.1) is 11.8 Å². The molecule has 0 saturated carbocycles. The number of pyridine rings is 1. The first-order valence-electron chi connectivity index (χ1n) is 5.91. The van der Waals surface area contributed by atoms with Crippen LogP contribution in [0.4, 0.5) is 0 Å². The number of hydrogen-bond donors (Lipinski definition) is 0. The van der Waals surface area contributed by atoms with Crippen molar-refractivity contribution in [3.63, 3.8) is 0 Å². The van der Waals surface area contributed by atoms with Gasteiger partial charge in [-0.25, -0.2) is 4.98 Å². The van der Waals surface area contributed by atoms with Crippen molar-refractivity contribution in [3.8, 4) is 6.07 Å². The van der Waals surface area contributed by atoms with E-state index in [1.165, 1.54) is 29.5 Å². The minimum Gasteiger partial charge on any atom is -0.543 e. The van der Waals surface area contributed by atoms with Crippen molar-refractivity contribution in [1.29, 1.82) is 5.26 Å². The molecule has 4 nitrogen and oxygen atoms in total. The first-order chi connectivity index (χ1) is 9.60. The van der Waals surface area contributed by atoms with Crippen LogP contribution < -0.4 is 5.11 Å². The van der Waals surface area contributed by atoms with E-state index in [1.807, 2.05) is 37.3 Å². The van der Waals surface area contributed by atoms with E-state index in [0.717, 1.165) is 5.56 Å². The van der Waals surface area contributed by atoms with Gasteiger partial charge in [-0.05, 0) is 24.6 Å². The van der Waals surface area contributed by atoms with E-state index in [1.54, 1.807) is 0 Å². The number of hydrogen-bond acceptors (Lipinski definition) is 5. The van der Waals surface area contributed by atoms with Crippen LogP contribution in [-0.4, -0.2) is 11.0 Å². The van der Waals surface area contributed by atoms with Gasteiger partial charge in [0.2, 0.25) is 0 Å². The molecule has 0 aliphatic rings. The Morgan fingerprint density at radius 2 is 2.00 bits per heavy atom. The van der Waals surface area contributed by atoms with Crippen LogP contribution in [0.2, 0.25) is 0 Å². The van der Waals surface area contributed by atoms with E-state index in [-0.39, 0.29) is 5.69 Å². The van der Waals surface area contributed by atoms with Gasteiger partial charge in [-0.1, -0.05) is 29.8 Å². The minimum absolute atomic E-state index is 0.157. The summed E-state index contributed by atoms with van der Waals surface area (Å²) in [5.74, 6) is -0.718. The predicted octanol–water partition coefficient (Wildman–Crippen LogP) is 1.92. The summed E-state index contributed by atoms with van der Waals surface area (Å²) in [7, 11) is 0. The van der Waals surface area contributed by atoms with Crippen LogP contribution in [-0.2, 0) is 5.75 Å². The van der Waals surface area contributed by atoms with Crippen LogP contribution in [0.5, 0.6) is 0 Å². The fourth-order valence-corrected chi connectivity index (χ4v) is 2.51. The predicted molar refractivity (Wildman–Crippen MR) is 74.0 cm³/mol. The van der Waals surface area contributed by atoms with Gasteiger partial charge in [-0.2, -0.15) is 5.26 Å². The fourth-order valence-electron chi connectivity index (χ4n) is 1.59. The Morgan fingerprint density at radius 1 is 1.30 bits per heavy atom. The standard InChI is InChI=1S/C15H12N2O2S/c1-10-2-4-11(5-3-10)9-20-14-12(8-16)6-7-13(17-14)15(18)19/h2-7H,9H2,1H3,(H,18,19)/p-1. The summed E-state index contributed by atoms with van der Waals surface area (Å²) < 4.78 is 0. The topological polar surface area (TPSA) is 76.8 Å². The first-order valence-corrected chi connectivity index (χ1v) is 6.89. The summed E-state index contributed by atoms with van der Waals surface area (Å²) in [4.78, 5) is 14.8. The number of thioether (sulfide) groups is 1. The molecule has 0 atom stereocenters. The number of carboxylic acid groups (broad SMARTS) is 1. The number of aromatic carboxylic acids is 1. The highest BCUT2D eigenvalue weighted by molar-refractivity contribution is 7.98. The molecule has 0 radical (unpaired) electrons. The Bertz CT molecular complexity index is 675. The molecule has 1 aromatic heterocycles. The molecule has 2 aromatic rings. The smallest absolute Gasteiger partial charge is 0.115 e. The number of aromatic nitrogens is 1. The van der Waals surface area contributed by atoms with Gasteiger partial charge in [0.05, 0.1) is 17.2 Å². The molecule has 0 unspecified atom stereocenters. The lowest BCUT2D eigenvalue weighted by atomic mass is 10.2. The van der Waals surface area contributed by atoms with Crippen molar-refractivity contribution < 1.29 is 9.90 Å². The monoisotopic (exact) mass is 283 g/mol. The molecule has 1 heterocycles. The molecule has 0 spiro atoms. The molecule has 1 aromatic carbocycles. The Hall–Kier alpha value is -2.32.